The number of nitrogens with one attached hydrogen (secondary N) is 3. The predicted molar refractivity (Wildman–Crippen MR) is 130 cm³/mol. The van der Waals surface area contributed by atoms with E-state index in [2.05, 4.69) is 41.1 Å². The van der Waals surface area contributed by atoms with Crippen molar-refractivity contribution in [1.29, 1.82) is 0 Å². The lowest BCUT2D eigenvalue weighted by Gasteiger charge is -2.30. The van der Waals surface area contributed by atoms with Crippen LogP contribution >= 0.6 is 0 Å². The number of anilines is 1. The fourth-order valence-electron chi connectivity index (χ4n) is 5.12. The smallest absolute Gasteiger partial charge is 0.225 e. The standard InChI is InChI=1S/C26H34N4O2/c1-3-27-25(28-17-19-16-24(31)30-22-12-6-4-10-20(19)22)29-18-26(14-8-9-15-26)21-11-5-7-13-23(21)32-2/h4-7,10-13,19H,3,8-9,14-18H2,1-2H3,(H,30,31)(H2,27,28,29). The van der Waals surface area contributed by atoms with Gasteiger partial charge in [-0.2, -0.15) is 0 Å². The zero-order valence-electron chi connectivity index (χ0n) is 19.1. The molecule has 0 bridgehead atoms. The van der Waals surface area contributed by atoms with Crippen LogP contribution in [-0.2, 0) is 10.2 Å². The summed E-state index contributed by atoms with van der Waals surface area (Å²) >= 11 is 0. The number of aliphatic imine (C=N–C) groups is 1. The SMILES string of the molecule is CCNC(=NCC1(c2ccccc2OC)CCCC1)NCC1CC(=O)Nc2ccccc21. The molecule has 6 heteroatoms. The summed E-state index contributed by atoms with van der Waals surface area (Å²) in [5, 5.41) is 9.86. The molecule has 2 aliphatic rings. The number of para-hydroxylation sites is 2. The first kappa shape index (κ1) is 22.2. The van der Waals surface area contributed by atoms with Crippen molar-refractivity contribution in [3.8, 4) is 5.75 Å². The van der Waals surface area contributed by atoms with Gasteiger partial charge in [-0.1, -0.05) is 49.2 Å². The van der Waals surface area contributed by atoms with E-state index in [-0.39, 0.29) is 17.2 Å². The van der Waals surface area contributed by atoms with Crippen LogP contribution in [0.2, 0.25) is 0 Å². The van der Waals surface area contributed by atoms with Crippen LogP contribution in [0.3, 0.4) is 0 Å². The van der Waals surface area contributed by atoms with Crippen molar-refractivity contribution in [2.75, 3.05) is 32.1 Å². The van der Waals surface area contributed by atoms with Gasteiger partial charge in [0.25, 0.3) is 0 Å². The molecule has 0 radical (unpaired) electrons. The average Bonchev–Trinajstić information content (AvgIpc) is 3.30. The van der Waals surface area contributed by atoms with Crippen molar-refractivity contribution in [3.63, 3.8) is 0 Å². The Morgan fingerprint density at radius 3 is 2.66 bits per heavy atom. The molecular weight excluding hydrogens is 400 g/mol. The number of guanidine groups is 1. The van der Waals surface area contributed by atoms with Gasteiger partial charge < -0.3 is 20.7 Å². The second kappa shape index (κ2) is 10.1. The Balaban J connectivity index is 1.51. The maximum atomic E-state index is 12.2. The molecule has 1 fully saturated rings. The van der Waals surface area contributed by atoms with Crippen LogP contribution in [0.5, 0.6) is 5.75 Å². The Morgan fingerprint density at radius 2 is 1.88 bits per heavy atom. The van der Waals surface area contributed by atoms with E-state index in [0.717, 1.165) is 36.8 Å². The van der Waals surface area contributed by atoms with Crippen molar-refractivity contribution in [2.45, 2.75) is 50.4 Å². The van der Waals surface area contributed by atoms with E-state index in [9.17, 15) is 4.79 Å². The Labute approximate surface area is 190 Å². The number of carbonyl (C=O) groups is 1. The van der Waals surface area contributed by atoms with Gasteiger partial charge in [0.05, 0.1) is 13.7 Å². The lowest BCUT2D eigenvalue weighted by Crippen LogP contribution is -2.41. The maximum Gasteiger partial charge on any atom is 0.225 e. The van der Waals surface area contributed by atoms with Gasteiger partial charge in [0, 0.05) is 42.1 Å². The second-order valence-corrected chi connectivity index (χ2v) is 8.80. The molecule has 1 aliphatic heterocycles. The Hall–Kier alpha value is -3.02. The molecule has 6 nitrogen and oxygen atoms in total. The maximum absolute atomic E-state index is 12.2. The molecule has 1 aliphatic carbocycles. The van der Waals surface area contributed by atoms with Gasteiger partial charge in [0.15, 0.2) is 5.96 Å². The third-order valence-electron chi connectivity index (χ3n) is 6.75. The van der Waals surface area contributed by atoms with Gasteiger partial charge in [-0.25, -0.2) is 0 Å². The quantitative estimate of drug-likeness (QED) is 0.451. The molecule has 170 valence electrons. The van der Waals surface area contributed by atoms with E-state index in [4.69, 9.17) is 9.73 Å². The van der Waals surface area contributed by atoms with Crippen LogP contribution in [0.1, 0.15) is 56.1 Å². The van der Waals surface area contributed by atoms with E-state index in [1.165, 1.54) is 24.0 Å². The number of benzene rings is 2. The minimum Gasteiger partial charge on any atom is -0.496 e. The molecule has 1 saturated carbocycles. The fourth-order valence-corrected chi connectivity index (χ4v) is 5.12. The molecule has 4 rings (SSSR count). The van der Waals surface area contributed by atoms with E-state index >= 15 is 0 Å². The van der Waals surface area contributed by atoms with Gasteiger partial charge in [-0.3, -0.25) is 9.79 Å². The van der Waals surface area contributed by atoms with Crippen molar-refractivity contribution >= 4 is 17.6 Å². The molecule has 2 aromatic rings. The lowest BCUT2D eigenvalue weighted by atomic mass is 9.78. The molecule has 3 N–H and O–H groups in total. The molecule has 0 spiro atoms. The Kier molecular flexibility index (Phi) is 6.98. The van der Waals surface area contributed by atoms with Crippen LogP contribution in [-0.4, -0.2) is 38.6 Å². The van der Waals surface area contributed by atoms with Crippen LogP contribution in [0, 0.1) is 0 Å². The van der Waals surface area contributed by atoms with Gasteiger partial charge >= 0.3 is 0 Å². The Morgan fingerprint density at radius 1 is 1.12 bits per heavy atom. The molecule has 0 aromatic heterocycles. The highest BCUT2D eigenvalue weighted by Crippen LogP contribution is 2.45. The zero-order chi connectivity index (χ0) is 22.4. The van der Waals surface area contributed by atoms with E-state index in [1.54, 1.807) is 7.11 Å². The molecule has 1 unspecified atom stereocenters. The summed E-state index contributed by atoms with van der Waals surface area (Å²) in [5.74, 6) is 1.95. The van der Waals surface area contributed by atoms with Crippen LogP contribution in [0.25, 0.3) is 0 Å². The van der Waals surface area contributed by atoms with E-state index in [0.29, 0.717) is 19.5 Å². The minimum absolute atomic E-state index is 0.00623. The van der Waals surface area contributed by atoms with Gasteiger partial charge in [-0.15, -0.1) is 0 Å². The summed E-state index contributed by atoms with van der Waals surface area (Å²) < 4.78 is 5.69. The first-order valence-electron chi connectivity index (χ1n) is 11.7. The number of hydrogen-bond acceptors (Lipinski definition) is 3. The molecule has 1 atom stereocenters. The summed E-state index contributed by atoms with van der Waals surface area (Å²) in [6.07, 6.45) is 5.14. The van der Waals surface area contributed by atoms with Crippen LogP contribution in [0.4, 0.5) is 5.69 Å². The van der Waals surface area contributed by atoms with Crippen molar-refractivity contribution in [1.82, 2.24) is 10.6 Å². The normalized spacial score (nSPS) is 19.8. The number of carbonyl (C=O) groups excluding carboxylic acids is 1. The first-order valence-corrected chi connectivity index (χ1v) is 11.7. The highest BCUT2D eigenvalue weighted by atomic mass is 16.5. The largest absolute Gasteiger partial charge is 0.496 e. The number of nitrogens with zero attached hydrogens (tertiary/aromatic N) is 1. The number of rotatable bonds is 7. The van der Waals surface area contributed by atoms with E-state index in [1.807, 2.05) is 30.3 Å². The molecule has 32 heavy (non-hydrogen) atoms. The third kappa shape index (κ3) is 4.74. The van der Waals surface area contributed by atoms with E-state index < -0.39 is 0 Å². The highest BCUT2D eigenvalue weighted by Gasteiger charge is 2.37. The topological polar surface area (TPSA) is 74.8 Å². The van der Waals surface area contributed by atoms with Gasteiger partial charge in [0.2, 0.25) is 5.91 Å². The summed E-state index contributed by atoms with van der Waals surface area (Å²) in [7, 11) is 1.74. The van der Waals surface area contributed by atoms with Crippen LogP contribution < -0.4 is 20.7 Å². The number of amides is 1. The predicted octanol–water partition coefficient (Wildman–Crippen LogP) is 4.19. The van der Waals surface area contributed by atoms with Crippen LogP contribution in [0.15, 0.2) is 53.5 Å². The van der Waals surface area contributed by atoms with Crippen molar-refractivity contribution in [3.05, 3.63) is 59.7 Å². The summed E-state index contributed by atoms with van der Waals surface area (Å²) in [6.45, 7) is 4.24. The molecule has 2 aromatic carbocycles. The summed E-state index contributed by atoms with van der Waals surface area (Å²) in [5.41, 5.74) is 3.36. The summed E-state index contributed by atoms with van der Waals surface area (Å²) in [6, 6.07) is 16.4. The number of methoxy groups -OCH3 is 1. The first-order chi connectivity index (χ1) is 15.6. The monoisotopic (exact) mass is 434 g/mol. The zero-order valence-corrected chi connectivity index (χ0v) is 19.1. The average molecular weight is 435 g/mol. The number of fused-ring (bicyclic) bond motifs is 1. The molecule has 1 heterocycles. The summed E-state index contributed by atoms with van der Waals surface area (Å²) in [4.78, 5) is 17.2. The van der Waals surface area contributed by atoms with Crippen molar-refractivity contribution < 1.29 is 9.53 Å². The number of ether oxygens (including phenoxy) is 1. The molecule has 1 amide bonds. The third-order valence-corrected chi connectivity index (χ3v) is 6.75. The van der Waals surface area contributed by atoms with Crippen molar-refractivity contribution in [2.24, 2.45) is 4.99 Å². The number of hydrogen-bond donors (Lipinski definition) is 3. The molecular formula is C26H34N4O2. The van der Waals surface area contributed by atoms with Gasteiger partial charge in [0.1, 0.15) is 5.75 Å². The second-order valence-electron chi connectivity index (χ2n) is 8.80. The fraction of sp³-hybridized carbons (Fsp3) is 0.462. The Bertz CT molecular complexity index is 966. The molecule has 0 saturated heterocycles. The minimum atomic E-state index is 0.00623. The highest BCUT2D eigenvalue weighted by molar-refractivity contribution is 5.94. The lowest BCUT2D eigenvalue weighted by molar-refractivity contribution is -0.116. The van der Waals surface area contributed by atoms with Gasteiger partial charge in [-0.05, 0) is 37.5 Å².